The lowest BCUT2D eigenvalue weighted by Crippen LogP contribution is -2.31. The fraction of sp³-hybridized carbons (Fsp3) is 0.364. The Hall–Kier alpha value is -1.72. The third kappa shape index (κ3) is 2.35. The smallest absolute Gasteiger partial charge is 0.408 e. The quantitative estimate of drug-likeness (QED) is 0.826. The predicted octanol–water partition coefficient (Wildman–Crippen LogP) is 2.89. The number of likely N-dealkylation sites (tertiary alicyclic amines) is 1. The number of halogens is 3. The Morgan fingerprint density at radius 2 is 2.18 bits per heavy atom. The van der Waals surface area contributed by atoms with Crippen molar-refractivity contribution in [2.75, 3.05) is 6.54 Å². The normalized spacial score (nSPS) is 22.8. The molecule has 6 heteroatoms. The minimum absolute atomic E-state index is 0.254. The average Bonchev–Trinajstić information content (AvgIpc) is 2.55. The lowest BCUT2D eigenvalue weighted by atomic mass is 10.0. The van der Waals surface area contributed by atoms with Crippen molar-refractivity contribution in [3.8, 4) is 0 Å². The summed E-state index contributed by atoms with van der Waals surface area (Å²) in [4.78, 5) is 11.5. The van der Waals surface area contributed by atoms with E-state index in [1.165, 1.54) is 18.2 Å². The second-order valence-corrected chi connectivity index (χ2v) is 4.04. The highest BCUT2D eigenvalue weighted by molar-refractivity contribution is 5.66. The molecule has 1 aromatic carbocycles. The van der Waals surface area contributed by atoms with Gasteiger partial charge in [0.1, 0.15) is 5.82 Å². The van der Waals surface area contributed by atoms with Crippen molar-refractivity contribution in [3.05, 3.63) is 35.6 Å². The van der Waals surface area contributed by atoms with Gasteiger partial charge >= 0.3 is 6.09 Å². The van der Waals surface area contributed by atoms with E-state index in [-0.39, 0.29) is 5.56 Å². The topological polar surface area (TPSA) is 40.5 Å². The molecular weight excluding hydrogens is 235 g/mol. The summed E-state index contributed by atoms with van der Waals surface area (Å²) in [5.74, 6) is -3.63. The first kappa shape index (κ1) is 11.8. The second-order valence-electron chi connectivity index (χ2n) is 4.04. The Bertz CT molecular complexity index is 450. The number of carbonyl (C=O) groups is 1. The van der Waals surface area contributed by atoms with Crippen LogP contribution in [-0.4, -0.2) is 28.6 Å². The molecule has 0 spiro atoms. The van der Waals surface area contributed by atoms with Gasteiger partial charge in [0, 0.05) is 6.42 Å². The summed E-state index contributed by atoms with van der Waals surface area (Å²) in [6.45, 7) is -0.844. The molecule has 92 valence electrons. The summed E-state index contributed by atoms with van der Waals surface area (Å²) in [6.07, 6.45) is -2.03. The average molecular weight is 245 g/mol. The van der Waals surface area contributed by atoms with Crippen LogP contribution in [0, 0.1) is 5.82 Å². The van der Waals surface area contributed by atoms with Crippen LogP contribution in [0.2, 0.25) is 0 Å². The van der Waals surface area contributed by atoms with E-state index in [2.05, 4.69) is 0 Å². The molecule has 0 aromatic heterocycles. The van der Waals surface area contributed by atoms with Crippen LogP contribution < -0.4 is 0 Å². The van der Waals surface area contributed by atoms with Gasteiger partial charge in [-0.15, -0.1) is 0 Å². The van der Waals surface area contributed by atoms with Crippen LogP contribution in [0.25, 0.3) is 0 Å². The van der Waals surface area contributed by atoms with Gasteiger partial charge in [-0.05, 0) is 17.7 Å². The maximum absolute atomic E-state index is 13.2. The molecule has 0 aliphatic carbocycles. The van der Waals surface area contributed by atoms with Crippen molar-refractivity contribution >= 4 is 6.09 Å². The van der Waals surface area contributed by atoms with Crippen LogP contribution in [0.1, 0.15) is 18.0 Å². The minimum Gasteiger partial charge on any atom is -0.465 e. The van der Waals surface area contributed by atoms with Crippen molar-refractivity contribution in [3.63, 3.8) is 0 Å². The largest absolute Gasteiger partial charge is 0.465 e. The van der Waals surface area contributed by atoms with Crippen molar-refractivity contribution in [2.45, 2.75) is 18.4 Å². The summed E-state index contributed by atoms with van der Waals surface area (Å²) < 4.78 is 39.4. The van der Waals surface area contributed by atoms with E-state index in [0.29, 0.717) is 4.90 Å². The zero-order chi connectivity index (χ0) is 12.6. The molecule has 1 saturated heterocycles. The summed E-state index contributed by atoms with van der Waals surface area (Å²) in [5, 5.41) is 8.85. The number of carboxylic acid groups (broad SMARTS) is 1. The SMILES string of the molecule is O=C(O)N1CC(F)(F)CC1c1cccc(F)c1. The van der Waals surface area contributed by atoms with Crippen LogP contribution >= 0.6 is 0 Å². The minimum atomic E-state index is -3.06. The number of amides is 1. The molecule has 1 fully saturated rings. The van der Waals surface area contributed by atoms with Crippen LogP contribution in [0.4, 0.5) is 18.0 Å². The number of nitrogens with zero attached hydrogens (tertiary/aromatic N) is 1. The van der Waals surface area contributed by atoms with E-state index in [1.807, 2.05) is 0 Å². The van der Waals surface area contributed by atoms with Crippen LogP contribution in [-0.2, 0) is 0 Å². The molecule has 1 aliphatic rings. The lowest BCUT2D eigenvalue weighted by Gasteiger charge is -2.20. The number of benzene rings is 1. The van der Waals surface area contributed by atoms with Crippen molar-refractivity contribution in [2.24, 2.45) is 0 Å². The molecular formula is C11H10F3NO2. The Morgan fingerprint density at radius 1 is 1.47 bits per heavy atom. The first-order valence-corrected chi connectivity index (χ1v) is 5.02. The van der Waals surface area contributed by atoms with Crippen molar-refractivity contribution in [1.82, 2.24) is 4.90 Å². The zero-order valence-corrected chi connectivity index (χ0v) is 8.74. The lowest BCUT2D eigenvalue weighted by molar-refractivity contribution is 0.0126. The second kappa shape index (κ2) is 3.94. The number of hydrogen-bond donors (Lipinski definition) is 1. The van der Waals surface area contributed by atoms with Crippen molar-refractivity contribution in [1.29, 1.82) is 0 Å². The first-order chi connectivity index (χ1) is 7.89. The molecule has 3 nitrogen and oxygen atoms in total. The van der Waals surface area contributed by atoms with E-state index in [1.54, 1.807) is 0 Å². The van der Waals surface area contributed by atoms with Gasteiger partial charge in [0.25, 0.3) is 5.92 Å². The van der Waals surface area contributed by atoms with Gasteiger partial charge in [-0.1, -0.05) is 12.1 Å². The third-order valence-electron chi connectivity index (χ3n) is 2.75. The molecule has 0 saturated carbocycles. The Balaban J connectivity index is 2.33. The summed E-state index contributed by atoms with van der Waals surface area (Å²) in [7, 11) is 0. The highest BCUT2D eigenvalue weighted by Crippen LogP contribution is 2.40. The Morgan fingerprint density at radius 3 is 2.76 bits per heavy atom. The van der Waals surface area contributed by atoms with Crippen LogP contribution in [0.15, 0.2) is 24.3 Å². The maximum atomic E-state index is 13.2. The van der Waals surface area contributed by atoms with Gasteiger partial charge in [-0.25, -0.2) is 18.0 Å². The van der Waals surface area contributed by atoms with E-state index in [4.69, 9.17) is 5.11 Å². The summed E-state index contributed by atoms with van der Waals surface area (Å²) in [5.41, 5.74) is 0.254. The van der Waals surface area contributed by atoms with E-state index >= 15 is 0 Å². The highest BCUT2D eigenvalue weighted by Gasteiger charge is 2.47. The van der Waals surface area contributed by atoms with Gasteiger partial charge in [0.2, 0.25) is 0 Å². The van der Waals surface area contributed by atoms with Gasteiger partial charge in [0.05, 0.1) is 12.6 Å². The number of rotatable bonds is 1. The monoisotopic (exact) mass is 245 g/mol. The van der Waals surface area contributed by atoms with Crippen LogP contribution in [0.3, 0.4) is 0 Å². The van der Waals surface area contributed by atoms with E-state index in [9.17, 15) is 18.0 Å². The highest BCUT2D eigenvalue weighted by atomic mass is 19.3. The summed E-state index contributed by atoms with van der Waals surface area (Å²) in [6, 6.07) is 4.11. The van der Waals surface area contributed by atoms with Gasteiger partial charge in [0.15, 0.2) is 0 Å². The summed E-state index contributed by atoms with van der Waals surface area (Å²) >= 11 is 0. The molecule has 1 N–H and O–H groups in total. The fourth-order valence-electron chi connectivity index (χ4n) is 2.03. The van der Waals surface area contributed by atoms with E-state index < -0.39 is 36.8 Å². The van der Waals surface area contributed by atoms with Gasteiger partial charge in [-0.3, -0.25) is 4.90 Å². The van der Waals surface area contributed by atoms with E-state index in [0.717, 1.165) is 6.07 Å². The van der Waals surface area contributed by atoms with Crippen molar-refractivity contribution < 1.29 is 23.1 Å². The number of alkyl halides is 2. The van der Waals surface area contributed by atoms with Gasteiger partial charge < -0.3 is 5.11 Å². The molecule has 1 unspecified atom stereocenters. The Kier molecular flexibility index (Phi) is 2.73. The zero-order valence-electron chi connectivity index (χ0n) is 8.74. The molecule has 1 aromatic rings. The maximum Gasteiger partial charge on any atom is 0.408 e. The standard InChI is InChI=1S/C11H10F3NO2/c12-8-3-1-2-7(4-8)9-5-11(13,14)6-15(9)10(16)17/h1-4,9H,5-6H2,(H,16,17). The molecule has 17 heavy (non-hydrogen) atoms. The Labute approximate surface area is 95.5 Å². The molecule has 1 heterocycles. The molecule has 0 radical (unpaired) electrons. The first-order valence-electron chi connectivity index (χ1n) is 5.02. The molecule has 2 rings (SSSR count). The van der Waals surface area contributed by atoms with Gasteiger partial charge in [-0.2, -0.15) is 0 Å². The molecule has 1 amide bonds. The number of hydrogen-bond acceptors (Lipinski definition) is 1. The molecule has 1 atom stereocenters. The fourth-order valence-corrected chi connectivity index (χ4v) is 2.03. The van der Waals surface area contributed by atoms with Crippen LogP contribution in [0.5, 0.6) is 0 Å². The molecule has 1 aliphatic heterocycles. The predicted molar refractivity (Wildman–Crippen MR) is 53.4 cm³/mol. The molecule has 0 bridgehead atoms. The third-order valence-corrected chi connectivity index (χ3v) is 2.75.